The Kier molecular flexibility index (Phi) is 28.8. The summed E-state index contributed by atoms with van der Waals surface area (Å²) in [6.45, 7) is 11.5. The number of hydrogen-bond acceptors (Lipinski definition) is 22. The summed E-state index contributed by atoms with van der Waals surface area (Å²) in [5.74, 6) is 7.77. The largest absolute Gasteiger partial charge is 0.439 e. The van der Waals surface area contributed by atoms with Crippen LogP contribution in [0.5, 0.6) is 46.5 Å². The van der Waals surface area contributed by atoms with E-state index in [0.717, 1.165) is 127 Å². The quantitative estimate of drug-likeness (QED) is 0.0250. The molecule has 652 valence electrons. The van der Waals surface area contributed by atoms with Gasteiger partial charge in [-0.3, -0.25) is 19.2 Å². The van der Waals surface area contributed by atoms with Crippen molar-refractivity contribution in [1.29, 1.82) is 0 Å². The number of benzene rings is 4. The lowest BCUT2D eigenvalue weighted by Gasteiger charge is -2.24. The monoisotopic (exact) mass is 1700 g/mol. The van der Waals surface area contributed by atoms with Crippen LogP contribution in [0.25, 0.3) is 5.82 Å². The van der Waals surface area contributed by atoms with Crippen LogP contribution < -0.4 is 63.1 Å². The SMILES string of the molecule is C.CC(C)c1cc(Oc2ccnc(Nc3cccc(C(N)=O)c3)c2)n(C2CCOCC2)n1.Cc1cccc(-n2nc(C)c(C)c2Oc2ccnc(Nc3cccc(C(N)=O)c3)c2)n1.NC(=O)c1cccc(Nc2cc(Oc3c4c(nn3C3CCCCC3)CCCC4)ccn2)c1.NC(=O)c1cccc(Nc2cc(Oc3cc(C4CC4)nn3C3CCCCC3)ccn2)c1. The van der Waals surface area contributed by atoms with E-state index in [1.54, 1.807) is 120 Å². The third-order valence-electron chi connectivity index (χ3n) is 22.4. The molecule has 3 saturated carbocycles. The molecule has 5 aliphatic rings. The minimum Gasteiger partial charge on any atom is -0.439 e. The highest BCUT2D eigenvalue weighted by Crippen LogP contribution is 2.45. The minimum absolute atomic E-state index is 0. The number of amides is 4. The van der Waals surface area contributed by atoms with Crippen LogP contribution in [0.3, 0.4) is 0 Å². The molecule has 0 unspecified atom stereocenters. The molecule has 18 rings (SSSR count). The number of aromatic nitrogens is 13. The first-order chi connectivity index (χ1) is 60.7. The number of anilines is 8. The number of carbonyl (C=O) groups is 4. The molecular weight excluding hydrogens is 1590 g/mol. The van der Waals surface area contributed by atoms with Gasteiger partial charge in [-0.1, -0.05) is 90.1 Å². The van der Waals surface area contributed by atoms with E-state index < -0.39 is 23.6 Å². The van der Waals surface area contributed by atoms with Crippen LogP contribution in [-0.2, 0) is 17.6 Å². The first-order valence-corrected chi connectivity index (χ1v) is 42.8. The fourth-order valence-corrected chi connectivity index (χ4v) is 15.5. The fraction of sp³-hybridized carbons (Fsp3) is 0.323. The summed E-state index contributed by atoms with van der Waals surface area (Å²) < 4.78 is 38.7. The van der Waals surface area contributed by atoms with Gasteiger partial charge in [-0.15, -0.1) is 0 Å². The highest BCUT2D eigenvalue weighted by Gasteiger charge is 2.32. The topological polar surface area (TPSA) is 402 Å². The van der Waals surface area contributed by atoms with E-state index in [2.05, 4.69) is 80.6 Å². The first kappa shape index (κ1) is 88.0. The minimum atomic E-state index is -0.488. The van der Waals surface area contributed by atoms with Gasteiger partial charge in [-0.05, 0) is 213 Å². The van der Waals surface area contributed by atoms with E-state index in [1.807, 2.05) is 104 Å². The summed E-state index contributed by atoms with van der Waals surface area (Å²) >= 11 is 0. The Morgan fingerprint density at radius 1 is 0.421 bits per heavy atom. The average molecular weight is 1700 g/mol. The molecule has 4 aliphatic carbocycles. The van der Waals surface area contributed by atoms with Crippen molar-refractivity contribution in [3.63, 3.8) is 0 Å². The predicted octanol–water partition coefficient (Wildman–Crippen LogP) is 19.8. The summed E-state index contributed by atoms with van der Waals surface area (Å²) in [5.41, 5.74) is 33.4. The van der Waals surface area contributed by atoms with Crippen molar-refractivity contribution in [2.24, 2.45) is 22.9 Å². The number of nitrogens with zero attached hydrogens (tertiary/aromatic N) is 13. The van der Waals surface area contributed by atoms with Gasteiger partial charge < -0.3 is 67.9 Å². The van der Waals surface area contributed by atoms with Gasteiger partial charge in [-0.2, -0.15) is 25.1 Å². The number of carbonyl (C=O) groups excluding carboxylic acids is 4. The Morgan fingerprint density at radius 3 is 1.28 bits per heavy atom. The lowest BCUT2D eigenvalue weighted by molar-refractivity contribution is 0.0641. The molecule has 126 heavy (non-hydrogen) atoms. The number of primary amides is 4. The van der Waals surface area contributed by atoms with Crippen molar-refractivity contribution in [1.82, 2.24) is 64.0 Å². The van der Waals surface area contributed by atoms with Crippen molar-refractivity contribution in [3.8, 4) is 52.3 Å². The van der Waals surface area contributed by atoms with Gasteiger partial charge in [-0.25, -0.2) is 39.0 Å². The number of fused-ring (bicyclic) bond motifs is 1. The smallest absolute Gasteiger partial charge is 0.248 e. The highest BCUT2D eigenvalue weighted by atomic mass is 16.5. The summed E-state index contributed by atoms with van der Waals surface area (Å²) in [7, 11) is 0. The molecule has 9 aromatic heterocycles. The van der Waals surface area contributed by atoms with Crippen molar-refractivity contribution in [2.75, 3.05) is 34.5 Å². The zero-order chi connectivity index (χ0) is 86.9. The van der Waals surface area contributed by atoms with Gasteiger partial charge in [0, 0.05) is 142 Å². The van der Waals surface area contributed by atoms with Gasteiger partial charge >= 0.3 is 0 Å². The summed E-state index contributed by atoms with van der Waals surface area (Å²) in [6, 6.07) is 53.5. The van der Waals surface area contributed by atoms with Crippen LogP contribution >= 0.6 is 0 Å². The van der Waals surface area contributed by atoms with E-state index in [9.17, 15) is 19.2 Å². The zero-order valence-corrected chi connectivity index (χ0v) is 70.9. The van der Waals surface area contributed by atoms with E-state index in [4.69, 9.17) is 61.9 Å². The number of nitrogens with one attached hydrogen (secondary N) is 4. The van der Waals surface area contributed by atoms with Gasteiger partial charge in [0.1, 0.15) is 46.3 Å². The number of nitrogens with two attached hydrogens (primary N) is 4. The third-order valence-corrected chi connectivity index (χ3v) is 22.4. The molecule has 0 spiro atoms. The number of rotatable bonds is 26. The van der Waals surface area contributed by atoms with E-state index in [1.165, 1.54) is 75.5 Å². The maximum absolute atomic E-state index is 11.5. The molecule has 4 amide bonds. The van der Waals surface area contributed by atoms with Crippen LogP contribution in [0, 0.1) is 20.8 Å². The van der Waals surface area contributed by atoms with Crippen LogP contribution in [0.2, 0.25) is 0 Å². The molecule has 0 atom stereocenters. The van der Waals surface area contributed by atoms with E-state index in [0.29, 0.717) is 110 Å². The molecule has 12 N–H and O–H groups in total. The lowest BCUT2D eigenvalue weighted by Crippen LogP contribution is -2.21. The van der Waals surface area contributed by atoms with E-state index >= 15 is 0 Å². The van der Waals surface area contributed by atoms with Gasteiger partial charge in [0.15, 0.2) is 5.82 Å². The second kappa shape index (κ2) is 41.3. The van der Waals surface area contributed by atoms with Crippen LogP contribution in [0.1, 0.15) is 235 Å². The molecule has 0 bridgehead atoms. The van der Waals surface area contributed by atoms with Gasteiger partial charge in [0.25, 0.3) is 0 Å². The Morgan fingerprint density at radius 2 is 0.833 bits per heavy atom. The van der Waals surface area contributed by atoms with Gasteiger partial charge in [0.2, 0.25) is 47.1 Å². The molecule has 1 aliphatic heterocycles. The number of pyridine rings is 5. The van der Waals surface area contributed by atoms with Crippen molar-refractivity contribution >= 4 is 69.6 Å². The maximum Gasteiger partial charge on any atom is 0.248 e. The Bertz CT molecular complexity index is 5790. The van der Waals surface area contributed by atoms with Crippen LogP contribution in [0.15, 0.2) is 201 Å². The second-order valence-electron chi connectivity index (χ2n) is 32.2. The number of aryl methyl sites for hydroxylation is 3. The van der Waals surface area contributed by atoms with Gasteiger partial charge in [0.05, 0.1) is 40.9 Å². The molecule has 30 heteroatoms. The van der Waals surface area contributed by atoms with Crippen LogP contribution in [-0.4, -0.2) is 101 Å². The summed E-state index contributed by atoms with van der Waals surface area (Å²) in [4.78, 5) is 67.7. The van der Waals surface area contributed by atoms with Crippen molar-refractivity contribution < 1.29 is 42.9 Å². The Balaban J connectivity index is 0.000000136. The van der Waals surface area contributed by atoms with E-state index in [-0.39, 0.29) is 13.5 Å². The average Bonchev–Trinajstić information content (AvgIpc) is 1.64. The van der Waals surface area contributed by atoms with Crippen molar-refractivity contribution in [3.05, 3.63) is 263 Å². The molecule has 0 radical (unpaired) electrons. The number of ether oxygens (including phenoxy) is 5. The first-order valence-electron chi connectivity index (χ1n) is 42.8. The standard InChI is InChI=1S/C25H29N5O2.C24H27N5O2.C23H22N6O2.C23H27N5O3.CH4/c26-24(31)17-7-6-8-18(15-17)28-23-16-20(13-14-27-23)32-25-21-11-4-5-12-22(21)29-30(25)19-9-2-1-3-10-19;25-24(30)17-5-4-6-18(13-17)27-22-14-20(11-12-26-22)31-23-15-21(16-9-10-16)28-29(23)19-7-2-1-3-8-19;1-14-6-4-9-21(26-14)29-23(15(2)16(3)28-29)31-19-10-11-25-20(13-19)27-18-8-5-7-17(12-18)22(24)30;1-15(2)20-14-22(28(27-20)18-7-10-30-11-8-18)31-19-6-9-25-21(13-19)26-17-5-3-4-16(12-17)23(24)29;/h6-8,13-16,19H,1-5,9-12H2,(H2,26,31)(H,27,28);4-6,11-16,19H,1-3,7-10H2,(H2,25,30)(H,26,27);4-13H,1-3H3,(H2,24,30)(H,25,27);3-6,9,12-15,18H,7-8,10-11H2,1-2H3,(H2,24,29)(H,25,26);1H4. The molecule has 30 nitrogen and oxygen atoms in total. The molecule has 4 fully saturated rings. The highest BCUT2D eigenvalue weighted by molar-refractivity contribution is 5.96. The number of hydrogen-bond donors (Lipinski definition) is 8. The van der Waals surface area contributed by atoms with Crippen LogP contribution in [0.4, 0.5) is 46.0 Å². The molecule has 1 saturated heterocycles. The lowest BCUT2D eigenvalue weighted by atomic mass is 9.95. The Labute approximate surface area is 732 Å². The molecular formula is C96H109N21O9. The molecule has 10 heterocycles. The predicted molar refractivity (Wildman–Crippen MR) is 485 cm³/mol. The molecule has 13 aromatic rings. The maximum atomic E-state index is 11.5. The zero-order valence-electron chi connectivity index (χ0n) is 70.9. The normalized spacial score (nSPS) is 14.5. The third kappa shape index (κ3) is 22.9. The fourth-order valence-electron chi connectivity index (χ4n) is 15.5. The Hall–Kier alpha value is -14.3. The molecule has 4 aromatic carbocycles. The summed E-state index contributed by atoms with van der Waals surface area (Å²) in [6.07, 6.45) is 27.7. The second-order valence-corrected chi connectivity index (χ2v) is 32.2. The summed E-state index contributed by atoms with van der Waals surface area (Å²) in [5, 5.41) is 32.1. The van der Waals surface area contributed by atoms with Crippen molar-refractivity contribution in [2.45, 2.75) is 188 Å².